The number of thiophene rings is 1. The summed E-state index contributed by atoms with van der Waals surface area (Å²) in [5, 5.41) is 2.17. The number of carbonyl (C=O) groups is 1. The first-order valence-electron chi connectivity index (χ1n) is 5.83. The van der Waals surface area contributed by atoms with Gasteiger partial charge in [0.05, 0.1) is 5.69 Å². The zero-order valence-electron chi connectivity index (χ0n) is 9.73. The Morgan fingerprint density at radius 1 is 1.33 bits per heavy atom. The Labute approximate surface area is 118 Å². The van der Waals surface area contributed by atoms with Crippen LogP contribution in [0.25, 0.3) is 0 Å². The maximum atomic E-state index is 10.7. The quantitative estimate of drug-likeness (QED) is 0.782. The number of benzene rings is 1. The summed E-state index contributed by atoms with van der Waals surface area (Å²) < 4.78 is 0.991. The second kappa shape index (κ2) is 4.86. The van der Waals surface area contributed by atoms with E-state index in [0.29, 0.717) is 5.56 Å². The summed E-state index contributed by atoms with van der Waals surface area (Å²) in [4.78, 5) is 14.6. The summed E-state index contributed by atoms with van der Waals surface area (Å²) in [6, 6.07) is 7.98. The van der Waals surface area contributed by atoms with Crippen molar-refractivity contribution >= 4 is 39.2 Å². The van der Waals surface area contributed by atoms with Crippen LogP contribution in [0.1, 0.15) is 20.8 Å². The number of anilines is 1. The highest BCUT2D eigenvalue weighted by Gasteiger charge is 2.19. The monoisotopic (exact) mass is 321 g/mol. The molecule has 1 aliphatic rings. The van der Waals surface area contributed by atoms with Crippen molar-refractivity contribution in [1.82, 2.24) is 0 Å². The second-order valence-corrected chi connectivity index (χ2v) is 6.22. The summed E-state index contributed by atoms with van der Waals surface area (Å²) in [5.74, 6) is 0. The Kier molecular flexibility index (Phi) is 3.22. The van der Waals surface area contributed by atoms with Gasteiger partial charge in [0, 0.05) is 28.0 Å². The minimum atomic E-state index is 0.707. The first-order chi connectivity index (χ1) is 8.78. The van der Waals surface area contributed by atoms with Crippen LogP contribution in [0.5, 0.6) is 0 Å². The predicted octanol–water partition coefficient (Wildman–Crippen LogP) is 3.89. The Balaban J connectivity index is 1.90. The highest BCUT2D eigenvalue weighted by Crippen LogP contribution is 2.32. The molecule has 1 aromatic heterocycles. The molecule has 0 aliphatic carbocycles. The Morgan fingerprint density at radius 2 is 2.22 bits per heavy atom. The largest absolute Gasteiger partial charge is 0.366 e. The van der Waals surface area contributed by atoms with Crippen LogP contribution >= 0.6 is 27.3 Å². The van der Waals surface area contributed by atoms with Crippen LogP contribution in [0, 0.1) is 0 Å². The molecule has 4 heteroatoms. The molecular formula is C14H12BrNOS. The van der Waals surface area contributed by atoms with Gasteiger partial charge in [-0.25, -0.2) is 0 Å². The maximum absolute atomic E-state index is 10.7. The second-order valence-electron chi connectivity index (χ2n) is 4.37. The summed E-state index contributed by atoms with van der Waals surface area (Å²) in [7, 11) is 0. The van der Waals surface area contributed by atoms with Crippen molar-refractivity contribution in [3.8, 4) is 0 Å². The minimum Gasteiger partial charge on any atom is -0.366 e. The van der Waals surface area contributed by atoms with Crippen LogP contribution in [0.3, 0.4) is 0 Å². The molecule has 0 amide bonds. The minimum absolute atomic E-state index is 0.707. The number of rotatable bonds is 2. The third-order valence-electron chi connectivity index (χ3n) is 3.26. The van der Waals surface area contributed by atoms with Crippen LogP contribution in [-0.4, -0.2) is 12.8 Å². The lowest BCUT2D eigenvalue weighted by molar-refractivity contribution is 0.112. The van der Waals surface area contributed by atoms with Crippen molar-refractivity contribution in [3.63, 3.8) is 0 Å². The van der Waals surface area contributed by atoms with E-state index < -0.39 is 0 Å². The normalized spacial score (nSPS) is 14.4. The summed E-state index contributed by atoms with van der Waals surface area (Å²) in [6.07, 6.45) is 1.98. The van der Waals surface area contributed by atoms with E-state index in [-0.39, 0.29) is 0 Å². The van der Waals surface area contributed by atoms with Crippen LogP contribution in [0.4, 0.5) is 5.69 Å². The number of nitrogens with zero attached hydrogens (tertiary/aromatic N) is 1. The zero-order chi connectivity index (χ0) is 12.5. The lowest BCUT2D eigenvalue weighted by Crippen LogP contribution is -2.29. The van der Waals surface area contributed by atoms with Gasteiger partial charge in [0.1, 0.15) is 6.29 Å². The van der Waals surface area contributed by atoms with Crippen molar-refractivity contribution in [2.75, 3.05) is 11.4 Å². The van der Waals surface area contributed by atoms with Gasteiger partial charge in [-0.1, -0.05) is 0 Å². The zero-order valence-corrected chi connectivity index (χ0v) is 12.1. The van der Waals surface area contributed by atoms with E-state index in [1.54, 1.807) is 0 Å². The average Bonchev–Trinajstić information content (AvgIpc) is 2.85. The molecule has 3 rings (SSSR count). The molecule has 2 nitrogen and oxygen atoms in total. The molecule has 0 N–H and O–H groups in total. The van der Waals surface area contributed by atoms with Crippen molar-refractivity contribution in [2.45, 2.75) is 13.0 Å². The van der Waals surface area contributed by atoms with Gasteiger partial charge in [-0.15, -0.1) is 11.3 Å². The SMILES string of the molecule is O=Cc1ccc(N2CCc3sccc3C2)c(Br)c1. The molecule has 0 bridgehead atoms. The van der Waals surface area contributed by atoms with Crippen LogP contribution < -0.4 is 4.90 Å². The molecule has 0 radical (unpaired) electrons. The van der Waals surface area contributed by atoms with Gasteiger partial charge in [0.25, 0.3) is 0 Å². The molecule has 0 unspecified atom stereocenters. The topological polar surface area (TPSA) is 20.3 Å². The van der Waals surface area contributed by atoms with Crippen LogP contribution in [-0.2, 0) is 13.0 Å². The fourth-order valence-corrected chi connectivity index (χ4v) is 3.84. The predicted molar refractivity (Wildman–Crippen MR) is 78.6 cm³/mol. The van der Waals surface area contributed by atoms with E-state index in [0.717, 1.165) is 36.0 Å². The first-order valence-corrected chi connectivity index (χ1v) is 7.50. The average molecular weight is 322 g/mol. The molecule has 0 spiro atoms. The molecule has 18 heavy (non-hydrogen) atoms. The van der Waals surface area contributed by atoms with Gasteiger partial charge in [0.15, 0.2) is 0 Å². The van der Waals surface area contributed by atoms with Crippen molar-refractivity contribution in [3.05, 3.63) is 50.1 Å². The third-order valence-corrected chi connectivity index (χ3v) is 4.91. The van der Waals surface area contributed by atoms with Gasteiger partial charge < -0.3 is 4.90 Å². The molecule has 0 saturated carbocycles. The highest BCUT2D eigenvalue weighted by atomic mass is 79.9. The van der Waals surface area contributed by atoms with Gasteiger partial charge in [-0.3, -0.25) is 4.79 Å². The molecule has 0 fully saturated rings. The number of hydrogen-bond donors (Lipinski definition) is 0. The Hall–Kier alpha value is -1.13. The molecule has 0 saturated heterocycles. The number of aldehydes is 1. The fraction of sp³-hybridized carbons (Fsp3) is 0.214. The van der Waals surface area contributed by atoms with E-state index in [1.165, 1.54) is 10.4 Å². The Bertz CT molecular complexity index is 593. The first kappa shape index (κ1) is 11.9. The van der Waals surface area contributed by atoms with Crippen molar-refractivity contribution in [2.24, 2.45) is 0 Å². The molecular weight excluding hydrogens is 310 g/mol. The highest BCUT2D eigenvalue weighted by molar-refractivity contribution is 9.10. The fourth-order valence-electron chi connectivity index (χ4n) is 2.31. The molecule has 1 aromatic carbocycles. The lowest BCUT2D eigenvalue weighted by Gasteiger charge is -2.30. The Morgan fingerprint density at radius 3 is 3.00 bits per heavy atom. The van der Waals surface area contributed by atoms with Crippen molar-refractivity contribution in [1.29, 1.82) is 0 Å². The molecule has 1 aliphatic heterocycles. The van der Waals surface area contributed by atoms with Gasteiger partial charge in [-0.2, -0.15) is 0 Å². The van der Waals surface area contributed by atoms with Crippen molar-refractivity contribution < 1.29 is 4.79 Å². The van der Waals surface area contributed by atoms with Gasteiger partial charge in [-0.05, 0) is 57.6 Å². The number of halogens is 1. The summed E-state index contributed by atoms with van der Waals surface area (Å²) in [5.41, 5.74) is 3.30. The van der Waals surface area contributed by atoms with Crippen LogP contribution in [0.15, 0.2) is 34.1 Å². The van der Waals surface area contributed by atoms with Gasteiger partial charge in [0.2, 0.25) is 0 Å². The van der Waals surface area contributed by atoms with E-state index in [1.807, 2.05) is 29.5 Å². The molecule has 0 atom stereocenters. The van der Waals surface area contributed by atoms with E-state index in [2.05, 4.69) is 32.3 Å². The molecule has 2 heterocycles. The molecule has 92 valence electrons. The standard InChI is InChI=1S/C14H12BrNOS/c15-12-7-10(9-17)1-2-13(12)16-5-3-14-11(8-16)4-6-18-14/h1-2,4,6-7,9H,3,5,8H2. The maximum Gasteiger partial charge on any atom is 0.150 e. The summed E-state index contributed by atoms with van der Waals surface area (Å²) in [6.45, 7) is 1.99. The van der Waals surface area contributed by atoms with E-state index >= 15 is 0 Å². The van der Waals surface area contributed by atoms with E-state index in [9.17, 15) is 4.79 Å². The lowest BCUT2D eigenvalue weighted by atomic mass is 10.1. The third kappa shape index (κ3) is 2.10. The van der Waals surface area contributed by atoms with Gasteiger partial charge >= 0.3 is 0 Å². The smallest absolute Gasteiger partial charge is 0.150 e. The van der Waals surface area contributed by atoms with Crippen LogP contribution in [0.2, 0.25) is 0 Å². The number of carbonyl (C=O) groups excluding carboxylic acids is 1. The number of fused-ring (bicyclic) bond motifs is 1. The number of hydrogen-bond acceptors (Lipinski definition) is 3. The summed E-state index contributed by atoms with van der Waals surface area (Å²) >= 11 is 5.40. The molecule has 2 aromatic rings. The van der Waals surface area contributed by atoms with E-state index in [4.69, 9.17) is 0 Å².